The van der Waals surface area contributed by atoms with Gasteiger partial charge in [0.25, 0.3) is 16.0 Å². The standard InChI is InChI=1S/C17H14ClN3O4S/c18-14-4-1-3-12(7-14)10-20-11-13(9-19)17(22)21-15-5-2-6-16(8-15)26(23,24)25/h1-8,11,20H,10H2,(H,21,22)(H,23,24,25)/b13-11-. The third-order valence-corrected chi connectivity index (χ3v) is 4.28. The summed E-state index contributed by atoms with van der Waals surface area (Å²) >= 11 is 5.88. The first-order valence-electron chi connectivity index (χ1n) is 7.26. The van der Waals surface area contributed by atoms with Gasteiger partial charge in [0.15, 0.2) is 0 Å². The van der Waals surface area contributed by atoms with E-state index in [4.69, 9.17) is 21.4 Å². The molecule has 3 N–H and O–H groups in total. The third kappa shape index (κ3) is 5.60. The van der Waals surface area contributed by atoms with Crippen molar-refractivity contribution in [3.05, 3.63) is 70.9 Å². The van der Waals surface area contributed by atoms with Crippen LogP contribution in [0.15, 0.2) is 65.2 Å². The van der Waals surface area contributed by atoms with Crippen LogP contribution in [0.1, 0.15) is 5.56 Å². The molecule has 26 heavy (non-hydrogen) atoms. The summed E-state index contributed by atoms with van der Waals surface area (Å²) in [6.45, 7) is 0.358. The largest absolute Gasteiger partial charge is 0.386 e. The van der Waals surface area contributed by atoms with Gasteiger partial charge in [-0.25, -0.2) is 0 Å². The Morgan fingerprint density at radius 2 is 1.96 bits per heavy atom. The molecule has 0 aliphatic carbocycles. The summed E-state index contributed by atoms with van der Waals surface area (Å²) in [7, 11) is -4.39. The number of halogens is 1. The maximum atomic E-state index is 12.1. The van der Waals surface area contributed by atoms with Crippen LogP contribution >= 0.6 is 11.6 Å². The first kappa shape index (κ1) is 19.5. The monoisotopic (exact) mass is 391 g/mol. The van der Waals surface area contributed by atoms with Gasteiger partial charge in [-0.2, -0.15) is 13.7 Å². The number of nitrogens with one attached hydrogen (secondary N) is 2. The number of anilines is 1. The molecule has 7 nitrogen and oxygen atoms in total. The van der Waals surface area contributed by atoms with E-state index in [2.05, 4.69) is 10.6 Å². The van der Waals surface area contributed by atoms with Crippen molar-refractivity contribution in [1.82, 2.24) is 5.32 Å². The SMILES string of the molecule is N#C/C(=C/NCc1cccc(Cl)c1)C(=O)Nc1cccc(S(=O)(=O)O)c1. The van der Waals surface area contributed by atoms with Crippen LogP contribution in [0.2, 0.25) is 5.02 Å². The molecule has 0 heterocycles. The van der Waals surface area contributed by atoms with E-state index in [1.807, 2.05) is 6.07 Å². The number of carbonyl (C=O) groups is 1. The number of nitrogens with zero attached hydrogens (tertiary/aromatic N) is 1. The van der Waals surface area contributed by atoms with E-state index < -0.39 is 16.0 Å². The Balaban J connectivity index is 2.05. The molecule has 2 aromatic carbocycles. The van der Waals surface area contributed by atoms with E-state index in [0.29, 0.717) is 11.6 Å². The molecule has 2 rings (SSSR count). The summed E-state index contributed by atoms with van der Waals surface area (Å²) in [6.07, 6.45) is 1.25. The van der Waals surface area contributed by atoms with Crippen LogP contribution in [0.5, 0.6) is 0 Å². The Hall–Kier alpha value is -2.86. The van der Waals surface area contributed by atoms with Crippen molar-refractivity contribution in [3.63, 3.8) is 0 Å². The number of nitriles is 1. The molecule has 9 heteroatoms. The molecule has 0 spiro atoms. The van der Waals surface area contributed by atoms with Crippen LogP contribution in [0.3, 0.4) is 0 Å². The number of carbonyl (C=O) groups excluding carboxylic acids is 1. The van der Waals surface area contributed by atoms with E-state index >= 15 is 0 Å². The fraction of sp³-hybridized carbons (Fsp3) is 0.0588. The molecule has 0 aromatic heterocycles. The highest BCUT2D eigenvalue weighted by Gasteiger charge is 2.13. The first-order chi connectivity index (χ1) is 12.3. The molecule has 0 bridgehead atoms. The second kappa shape index (κ2) is 8.49. The average molecular weight is 392 g/mol. The van der Waals surface area contributed by atoms with E-state index in [9.17, 15) is 13.2 Å². The molecule has 0 saturated heterocycles. The quantitative estimate of drug-likeness (QED) is 0.395. The van der Waals surface area contributed by atoms with Gasteiger partial charge in [0.1, 0.15) is 11.6 Å². The molecular formula is C17H14ClN3O4S. The van der Waals surface area contributed by atoms with Gasteiger partial charge in [0.2, 0.25) is 0 Å². The zero-order valence-corrected chi connectivity index (χ0v) is 14.9. The molecule has 2 aromatic rings. The van der Waals surface area contributed by atoms with Gasteiger partial charge >= 0.3 is 0 Å². The third-order valence-electron chi connectivity index (χ3n) is 3.20. The lowest BCUT2D eigenvalue weighted by Gasteiger charge is -2.06. The molecule has 0 unspecified atom stereocenters. The van der Waals surface area contributed by atoms with Gasteiger partial charge in [0.05, 0.1) is 4.90 Å². The van der Waals surface area contributed by atoms with Crippen LogP contribution in [0.25, 0.3) is 0 Å². The number of hydrogen-bond donors (Lipinski definition) is 3. The summed E-state index contributed by atoms with van der Waals surface area (Å²) in [6, 6.07) is 13.9. The summed E-state index contributed by atoms with van der Waals surface area (Å²) in [5, 5.41) is 14.9. The van der Waals surface area contributed by atoms with E-state index in [1.54, 1.807) is 24.3 Å². The molecular weight excluding hydrogens is 378 g/mol. The maximum Gasteiger partial charge on any atom is 0.294 e. The van der Waals surface area contributed by atoms with E-state index in [-0.39, 0.29) is 16.2 Å². The van der Waals surface area contributed by atoms with Crippen LogP contribution in [0, 0.1) is 11.3 Å². The fourth-order valence-corrected chi connectivity index (χ4v) is 2.74. The topological polar surface area (TPSA) is 119 Å². The van der Waals surface area contributed by atoms with Gasteiger partial charge in [-0.15, -0.1) is 0 Å². The Morgan fingerprint density at radius 1 is 1.23 bits per heavy atom. The zero-order valence-electron chi connectivity index (χ0n) is 13.3. The van der Waals surface area contributed by atoms with Gasteiger partial charge < -0.3 is 10.6 Å². The summed E-state index contributed by atoms with van der Waals surface area (Å²) in [4.78, 5) is 11.8. The lowest BCUT2D eigenvalue weighted by atomic mass is 10.2. The second-order valence-electron chi connectivity index (χ2n) is 5.14. The molecule has 0 aliphatic rings. The normalized spacial score (nSPS) is 11.5. The summed E-state index contributed by atoms with van der Waals surface area (Å²) in [5.74, 6) is -0.724. The Kier molecular flexibility index (Phi) is 6.36. The lowest BCUT2D eigenvalue weighted by molar-refractivity contribution is -0.112. The molecule has 0 radical (unpaired) electrons. The smallest absolute Gasteiger partial charge is 0.294 e. The Bertz CT molecular complexity index is 997. The number of amides is 1. The Morgan fingerprint density at radius 3 is 2.62 bits per heavy atom. The van der Waals surface area contributed by atoms with Crippen molar-refractivity contribution in [2.45, 2.75) is 11.4 Å². The number of hydrogen-bond acceptors (Lipinski definition) is 5. The van der Waals surface area contributed by atoms with Gasteiger partial charge in [0, 0.05) is 23.5 Å². The molecule has 134 valence electrons. The predicted molar refractivity (Wildman–Crippen MR) is 96.9 cm³/mol. The maximum absolute atomic E-state index is 12.1. The fourth-order valence-electron chi connectivity index (χ4n) is 2.00. The van der Waals surface area contributed by atoms with Crippen LogP contribution < -0.4 is 10.6 Å². The second-order valence-corrected chi connectivity index (χ2v) is 7.00. The van der Waals surface area contributed by atoms with Crippen molar-refractivity contribution in [2.75, 3.05) is 5.32 Å². The molecule has 0 atom stereocenters. The summed E-state index contributed by atoms with van der Waals surface area (Å²) < 4.78 is 31.3. The van der Waals surface area contributed by atoms with Gasteiger partial charge in [-0.1, -0.05) is 29.8 Å². The highest BCUT2D eigenvalue weighted by atomic mass is 35.5. The summed E-state index contributed by atoms with van der Waals surface area (Å²) in [5.41, 5.74) is 0.790. The minimum absolute atomic E-state index is 0.126. The van der Waals surface area contributed by atoms with Crippen molar-refractivity contribution < 1.29 is 17.8 Å². The van der Waals surface area contributed by atoms with Gasteiger partial charge in [-0.05, 0) is 35.9 Å². The van der Waals surface area contributed by atoms with Gasteiger partial charge in [-0.3, -0.25) is 9.35 Å². The van der Waals surface area contributed by atoms with E-state index in [0.717, 1.165) is 11.6 Å². The molecule has 0 saturated carbocycles. The van der Waals surface area contributed by atoms with Crippen LogP contribution in [-0.4, -0.2) is 18.9 Å². The minimum atomic E-state index is -4.39. The number of benzene rings is 2. The number of rotatable bonds is 6. The van der Waals surface area contributed by atoms with E-state index in [1.165, 1.54) is 24.4 Å². The molecule has 0 aliphatic heterocycles. The highest BCUT2D eigenvalue weighted by molar-refractivity contribution is 7.85. The van der Waals surface area contributed by atoms with Crippen LogP contribution in [-0.2, 0) is 21.5 Å². The van der Waals surface area contributed by atoms with Crippen molar-refractivity contribution in [1.29, 1.82) is 5.26 Å². The predicted octanol–water partition coefficient (Wildman–Crippen LogP) is 2.72. The molecule has 1 amide bonds. The average Bonchev–Trinajstić information content (AvgIpc) is 2.58. The minimum Gasteiger partial charge on any atom is -0.386 e. The first-order valence-corrected chi connectivity index (χ1v) is 9.08. The van der Waals surface area contributed by atoms with Crippen LogP contribution in [0.4, 0.5) is 5.69 Å². The lowest BCUT2D eigenvalue weighted by Crippen LogP contribution is -2.17. The van der Waals surface area contributed by atoms with Crippen molar-refractivity contribution >= 4 is 33.3 Å². The zero-order chi connectivity index (χ0) is 19.2. The van der Waals surface area contributed by atoms with Crippen molar-refractivity contribution in [3.8, 4) is 6.07 Å². The molecule has 0 fully saturated rings. The Labute approximate surface area is 155 Å². The highest BCUT2D eigenvalue weighted by Crippen LogP contribution is 2.16. The van der Waals surface area contributed by atoms with Crippen molar-refractivity contribution in [2.24, 2.45) is 0 Å².